The number of nitrogens with two attached hydrogens (primary N) is 1. The topological polar surface area (TPSA) is 79.1 Å². The molecule has 0 aliphatic carbocycles. The smallest absolute Gasteiger partial charge is 0.265 e. The minimum absolute atomic E-state index is 0.123. The molecule has 1 aromatic carbocycles. The van der Waals surface area contributed by atoms with Crippen molar-refractivity contribution in [2.45, 2.75) is 6.61 Å². The summed E-state index contributed by atoms with van der Waals surface area (Å²) in [4.78, 5) is 13.8. The molecule has 0 atom stereocenters. The van der Waals surface area contributed by atoms with Crippen molar-refractivity contribution in [3.05, 3.63) is 35.3 Å². The summed E-state index contributed by atoms with van der Waals surface area (Å²) in [5.41, 5.74) is 6.15. The quantitative estimate of drug-likeness (QED) is 0.685. The molecule has 2 rings (SSSR count). The fourth-order valence-corrected chi connectivity index (χ4v) is 1.59. The number of aromatic amines is 1. The Bertz CT molecular complexity index is 533. The molecule has 0 saturated heterocycles. The van der Waals surface area contributed by atoms with Gasteiger partial charge in [0.05, 0.1) is 6.61 Å². The van der Waals surface area contributed by atoms with Gasteiger partial charge in [-0.3, -0.25) is 4.79 Å². The second-order valence-electron chi connectivity index (χ2n) is 3.19. The molecule has 0 unspecified atom stereocenters. The molecular formula is C10H9FN2O2. The number of carbonyl (C=O) groups excluding carboxylic acids is 1. The van der Waals surface area contributed by atoms with Gasteiger partial charge in [0.2, 0.25) is 0 Å². The first-order chi connectivity index (χ1) is 7.13. The molecule has 5 heteroatoms. The number of aromatic nitrogens is 1. The standard InChI is InChI=1S/C10H9FN2O2/c11-5-1-2-8-6(3-5)7(4-14)9(13-8)10(12)15/h1-3,13-14H,4H2,(H2,12,15). The Balaban J connectivity index is 2.79. The SMILES string of the molecule is NC(=O)c1[nH]c2ccc(F)cc2c1CO. The number of benzene rings is 1. The van der Waals surface area contributed by atoms with Gasteiger partial charge in [0, 0.05) is 16.5 Å². The highest BCUT2D eigenvalue weighted by Crippen LogP contribution is 2.23. The van der Waals surface area contributed by atoms with Crippen molar-refractivity contribution in [3.8, 4) is 0 Å². The molecule has 4 nitrogen and oxygen atoms in total. The summed E-state index contributed by atoms with van der Waals surface area (Å²) in [6, 6.07) is 4.02. The maximum atomic E-state index is 13.0. The van der Waals surface area contributed by atoms with Gasteiger partial charge < -0.3 is 15.8 Å². The summed E-state index contributed by atoms with van der Waals surface area (Å²) in [6.45, 7) is -0.359. The third-order valence-corrected chi connectivity index (χ3v) is 2.27. The van der Waals surface area contributed by atoms with Gasteiger partial charge in [-0.2, -0.15) is 0 Å². The molecule has 0 saturated carbocycles. The molecule has 0 fully saturated rings. The Hall–Kier alpha value is -1.88. The molecule has 1 amide bonds. The van der Waals surface area contributed by atoms with Crippen LogP contribution in [0.4, 0.5) is 4.39 Å². The lowest BCUT2D eigenvalue weighted by molar-refractivity contribution is 0.0993. The van der Waals surface area contributed by atoms with Gasteiger partial charge in [0.15, 0.2) is 0 Å². The average molecular weight is 208 g/mol. The van der Waals surface area contributed by atoms with E-state index >= 15 is 0 Å². The number of halogens is 1. The lowest BCUT2D eigenvalue weighted by Crippen LogP contribution is -2.13. The molecule has 78 valence electrons. The second kappa shape index (κ2) is 3.36. The van der Waals surface area contributed by atoms with Crippen molar-refractivity contribution in [3.63, 3.8) is 0 Å². The summed E-state index contributed by atoms with van der Waals surface area (Å²) in [5, 5.41) is 9.57. The molecule has 0 bridgehead atoms. The number of carbonyl (C=O) groups is 1. The van der Waals surface area contributed by atoms with Crippen LogP contribution in [-0.4, -0.2) is 16.0 Å². The van der Waals surface area contributed by atoms with Gasteiger partial charge in [-0.1, -0.05) is 0 Å². The van der Waals surface area contributed by atoms with Crippen LogP contribution in [0.5, 0.6) is 0 Å². The molecule has 15 heavy (non-hydrogen) atoms. The third-order valence-electron chi connectivity index (χ3n) is 2.27. The fourth-order valence-electron chi connectivity index (χ4n) is 1.59. The number of amides is 1. The van der Waals surface area contributed by atoms with E-state index in [1.54, 1.807) is 0 Å². The molecule has 4 N–H and O–H groups in total. The third kappa shape index (κ3) is 1.46. The lowest BCUT2D eigenvalue weighted by atomic mass is 10.1. The van der Waals surface area contributed by atoms with Crippen LogP contribution in [0.15, 0.2) is 18.2 Å². The minimum Gasteiger partial charge on any atom is -0.392 e. The number of aliphatic hydroxyl groups is 1. The van der Waals surface area contributed by atoms with Crippen molar-refractivity contribution in [1.82, 2.24) is 4.98 Å². The Morgan fingerprint density at radius 2 is 2.27 bits per heavy atom. The highest BCUT2D eigenvalue weighted by atomic mass is 19.1. The van der Waals surface area contributed by atoms with Crippen molar-refractivity contribution >= 4 is 16.8 Å². The van der Waals surface area contributed by atoms with Gasteiger partial charge in [-0.05, 0) is 18.2 Å². The van der Waals surface area contributed by atoms with E-state index in [0.29, 0.717) is 16.5 Å². The van der Waals surface area contributed by atoms with Crippen LogP contribution >= 0.6 is 0 Å². The van der Waals surface area contributed by atoms with Crippen LogP contribution in [-0.2, 0) is 6.61 Å². The van der Waals surface area contributed by atoms with Gasteiger partial charge >= 0.3 is 0 Å². The normalized spacial score (nSPS) is 10.8. The first-order valence-electron chi connectivity index (χ1n) is 4.34. The number of rotatable bonds is 2. The number of hydrogen-bond donors (Lipinski definition) is 3. The van der Waals surface area contributed by atoms with Crippen LogP contribution in [0.2, 0.25) is 0 Å². The van der Waals surface area contributed by atoms with Crippen molar-refractivity contribution in [1.29, 1.82) is 0 Å². The van der Waals surface area contributed by atoms with Gasteiger partial charge in [-0.15, -0.1) is 0 Å². The summed E-state index contributed by atoms with van der Waals surface area (Å²) in [7, 11) is 0. The van der Waals surface area contributed by atoms with E-state index in [1.807, 2.05) is 0 Å². The van der Waals surface area contributed by atoms with Crippen molar-refractivity contribution in [2.75, 3.05) is 0 Å². The van der Waals surface area contributed by atoms with Gasteiger partial charge in [0.25, 0.3) is 5.91 Å². The minimum atomic E-state index is -0.671. The zero-order chi connectivity index (χ0) is 11.0. The van der Waals surface area contributed by atoms with E-state index in [1.165, 1.54) is 18.2 Å². The van der Waals surface area contributed by atoms with Crippen molar-refractivity contribution in [2.24, 2.45) is 5.73 Å². The van der Waals surface area contributed by atoms with Crippen LogP contribution in [0.3, 0.4) is 0 Å². The largest absolute Gasteiger partial charge is 0.392 e. The number of aliphatic hydroxyl groups excluding tert-OH is 1. The zero-order valence-electron chi connectivity index (χ0n) is 7.75. The van der Waals surface area contributed by atoms with Crippen LogP contribution < -0.4 is 5.73 Å². The van der Waals surface area contributed by atoms with E-state index in [0.717, 1.165) is 0 Å². The number of fused-ring (bicyclic) bond motifs is 1. The second-order valence-corrected chi connectivity index (χ2v) is 3.19. The van der Waals surface area contributed by atoms with E-state index in [4.69, 9.17) is 10.8 Å². The predicted octanol–water partition coefficient (Wildman–Crippen LogP) is 0.898. The first kappa shape index (κ1) is 9.67. The molecule has 0 spiro atoms. The monoisotopic (exact) mass is 208 g/mol. The van der Waals surface area contributed by atoms with E-state index < -0.39 is 11.7 Å². The number of H-pyrrole nitrogens is 1. The fraction of sp³-hybridized carbons (Fsp3) is 0.100. The van der Waals surface area contributed by atoms with Gasteiger partial charge in [0.1, 0.15) is 11.5 Å². The summed E-state index contributed by atoms with van der Waals surface area (Å²) < 4.78 is 13.0. The molecule has 0 radical (unpaired) electrons. The maximum absolute atomic E-state index is 13.0. The molecule has 1 heterocycles. The number of nitrogens with one attached hydrogen (secondary N) is 1. The number of primary amides is 1. The molecular weight excluding hydrogens is 199 g/mol. The van der Waals surface area contributed by atoms with Crippen LogP contribution in [0.1, 0.15) is 16.1 Å². The van der Waals surface area contributed by atoms with Crippen LogP contribution in [0, 0.1) is 5.82 Å². The Morgan fingerprint density at radius 3 is 2.87 bits per heavy atom. The number of hydrogen-bond acceptors (Lipinski definition) is 2. The first-order valence-corrected chi connectivity index (χ1v) is 4.34. The Kier molecular flexibility index (Phi) is 2.17. The predicted molar refractivity (Wildman–Crippen MR) is 52.7 cm³/mol. The van der Waals surface area contributed by atoms with Crippen molar-refractivity contribution < 1.29 is 14.3 Å². The van der Waals surface area contributed by atoms with Gasteiger partial charge in [-0.25, -0.2) is 4.39 Å². The Morgan fingerprint density at radius 1 is 1.53 bits per heavy atom. The summed E-state index contributed by atoms with van der Waals surface area (Å²) >= 11 is 0. The maximum Gasteiger partial charge on any atom is 0.265 e. The van der Waals surface area contributed by atoms with E-state index in [9.17, 15) is 9.18 Å². The highest BCUT2D eigenvalue weighted by Gasteiger charge is 2.14. The molecule has 1 aromatic heterocycles. The average Bonchev–Trinajstić information content (AvgIpc) is 2.55. The molecule has 2 aromatic rings. The van der Waals surface area contributed by atoms with E-state index in [-0.39, 0.29) is 12.3 Å². The zero-order valence-corrected chi connectivity index (χ0v) is 7.75. The molecule has 0 aliphatic heterocycles. The van der Waals surface area contributed by atoms with E-state index in [2.05, 4.69) is 4.98 Å². The highest BCUT2D eigenvalue weighted by molar-refractivity contribution is 6.00. The summed E-state index contributed by atoms with van der Waals surface area (Å²) in [5.74, 6) is -1.09. The summed E-state index contributed by atoms with van der Waals surface area (Å²) in [6.07, 6.45) is 0. The Labute approximate surface area is 84.5 Å². The lowest BCUT2D eigenvalue weighted by Gasteiger charge is -1.95. The molecule has 0 aliphatic rings. The van der Waals surface area contributed by atoms with Crippen LogP contribution in [0.25, 0.3) is 10.9 Å².